The quantitative estimate of drug-likeness (QED) is 0.402. The topological polar surface area (TPSA) is 80.5 Å². The Hall–Kier alpha value is -3.71. The van der Waals surface area contributed by atoms with Crippen LogP contribution in [0.5, 0.6) is 0 Å². The Labute approximate surface area is 184 Å². The van der Waals surface area contributed by atoms with Crippen LogP contribution in [-0.2, 0) is 7.05 Å². The molecular formula is C23H20ClN7. The molecular weight excluding hydrogens is 410 g/mol. The molecule has 0 radical (unpaired) electrons. The van der Waals surface area contributed by atoms with E-state index in [0.717, 1.165) is 44.4 Å². The molecule has 31 heavy (non-hydrogen) atoms. The number of aryl methyl sites for hydroxylation is 2. The number of fused-ring (bicyclic) bond motifs is 2. The Morgan fingerprint density at radius 3 is 2.71 bits per heavy atom. The number of benzene rings is 2. The first kappa shape index (κ1) is 19.3. The summed E-state index contributed by atoms with van der Waals surface area (Å²) in [6.45, 7) is 2.11. The van der Waals surface area contributed by atoms with E-state index in [1.165, 1.54) is 5.56 Å². The monoisotopic (exact) mass is 429 g/mol. The van der Waals surface area contributed by atoms with Crippen molar-refractivity contribution in [2.45, 2.75) is 6.92 Å². The van der Waals surface area contributed by atoms with Crippen LogP contribution in [0, 0.1) is 6.92 Å². The van der Waals surface area contributed by atoms with Crippen molar-refractivity contribution in [1.29, 1.82) is 0 Å². The van der Waals surface area contributed by atoms with Crippen molar-refractivity contribution in [3.05, 3.63) is 65.6 Å². The first-order valence-electron chi connectivity index (χ1n) is 9.82. The Morgan fingerprint density at radius 2 is 1.90 bits per heavy atom. The summed E-state index contributed by atoms with van der Waals surface area (Å²) in [7, 11) is 3.77. The summed E-state index contributed by atoms with van der Waals surface area (Å²) in [6.07, 6.45) is 5.17. The summed E-state index contributed by atoms with van der Waals surface area (Å²) in [5.41, 5.74) is 6.12. The zero-order chi connectivity index (χ0) is 21.5. The first-order valence-corrected chi connectivity index (χ1v) is 10.2. The molecule has 0 aliphatic heterocycles. The minimum atomic E-state index is 0.571. The summed E-state index contributed by atoms with van der Waals surface area (Å²) in [5.74, 6) is 1.36. The summed E-state index contributed by atoms with van der Waals surface area (Å²) in [4.78, 5) is 13.0. The third kappa shape index (κ3) is 3.43. The summed E-state index contributed by atoms with van der Waals surface area (Å²) >= 11 is 6.09. The number of hydrogen-bond acceptors (Lipinski definition) is 6. The average Bonchev–Trinajstić information content (AvgIpc) is 3.08. The SMILES string of the molecule is CNc1ncc2cc(-c3c(C)ccc4c(Nc5cncc(Cl)c5)nn(C)c34)ccc2n1. The molecule has 8 heteroatoms. The van der Waals surface area contributed by atoms with Crippen LogP contribution in [0.2, 0.25) is 5.02 Å². The highest BCUT2D eigenvalue weighted by atomic mass is 35.5. The highest BCUT2D eigenvalue weighted by Crippen LogP contribution is 2.36. The lowest BCUT2D eigenvalue weighted by Gasteiger charge is -2.11. The van der Waals surface area contributed by atoms with E-state index in [1.54, 1.807) is 12.4 Å². The van der Waals surface area contributed by atoms with Crippen LogP contribution >= 0.6 is 11.6 Å². The first-order chi connectivity index (χ1) is 15.0. The minimum Gasteiger partial charge on any atom is -0.357 e. The molecule has 0 spiro atoms. The number of aromatic nitrogens is 5. The number of nitrogens with one attached hydrogen (secondary N) is 2. The van der Waals surface area contributed by atoms with Gasteiger partial charge in [-0.3, -0.25) is 9.67 Å². The standard InChI is InChI=1S/C23H20ClN7/c1-13-4-6-18-21(31(3)30-22(18)28-17-9-16(24)11-26-12-17)20(13)14-5-7-19-15(8-14)10-27-23(25-2)29-19/h4-12H,1-3H3,(H,28,30)(H,25,27,29). The van der Waals surface area contributed by atoms with E-state index >= 15 is 0 Å². The van der Waals surface area contributed by atoms with Crippen molar-refractivity contribution in [2.75, 3.05) is 17.7 Å². The van der Waals surface area contributed by atoms with E-state index < -0.39 is 0 Å². The van der Waals surface area contributed by atoms with Gasteiger partial charge in [0.1, 0.15) is 0 Å². The van der Waals surface area contributed by atoms with Crippen molar-refractivity contribution in [3.8, 4) is 11.1 Å². The predicted octanol–water partition coefficient (Wildman–Crippen LogP) is 5.33. The Morgan fingerprint density at radius 1 is 1.03 bits per heavy atom. The van der Waals surface area contributed by atoms with Gasteiger partial charge in [-0.1, -0.05) is 23.7 Å². The van der Waals surface area contributed by atoms with Gasteiger partial charge in [0.05, 0.1) is 27.9 Å². The molecule has 3 heterocycles. The maximum atomic E-state index is 6.09. The van der Waals surface area contributed by atoms with E-state index in [0.29, 0.717) is 11.0 Å². The molecule has 0 saturated carbocycles. The Balaban J connectivity index is 1.66. The largest absolute Gasteiger partial charge is 0.357 e. The van der Waals surface area contributed by atoms with Gasteiger partial charge in [-0.15, -0.1) is 0 Å². The second-order valence-electron chi connectivity index (χ2n) is 7.36. The fourth-order valence-electron chi connectivity index (χ4n) is 3.86. The van der Waals surface area contributed by atoms with E-state index in [9.17, 15) is 0 Å². The van der Waals surface area contributed by atoms with Crippen molar-refractivity contribution in [2.24, 2.45) is 7.05 Å². The van der Waals surface area contributed by atoms with Gasteiger partial charge in [-0.05, 0) is 42.3 Å². The molecule has 3 aromatic heterocycles. The van der Waals surface area contributed by atoms with E-state index in [-0.39, 0.29) is 0 Å². The molecule has 0 saturated heterocycles. The van der Waals surface area contributed by atoms with Crippen molar-refractivity contribution >= 4 is 50.9 Å². The lowest BCUT2D eigenvalue weighted by Crippen LogP contribution is -1.97. The fourth-order valence-corrected chi connectivity index (χ4v) is 4.03. The molecule has 0 aliphatic rings. The van der Waals surface area contributed by atoms with Crippen LogP contribution < -0.4 is 10.6 Å². The maximum Gasteiger partial charge on any atom is 0.222 e. The molecule has 0 unspecified atom stereocenters. The van der Waals surface area contributed by atoms with Crippen LogP contribution in [0.4, 0.5) is 17.5 Å². The fraction of sp³-hybridized carbons (Fsp3) is 0.130. The summed E-state index contributed by atoms with van der Waals surface area (Å²) < 4.78 is 1.91. The molecule has 0 amide bonds. The van der Waals surface area contributed by atoms with Crippen LogP contribution in [-0.4, -0.2) is 31.8 Å². The molecule has 5 rings (SSSR count). The Bertz CT molecular complexity index is 1440. The zero-order valence-corrected chi connectivity index (χ0v) is 18.1. The summed E-state index contributed by atoms with van der Waals surface area (Å²) in [6, 6.07) is 12.3. The van der Waals surface area contributed by atoms with Crippen molar-refractivity contribution < 1.29 is 0 Å². The number of hydrogen-bond donors (Lipinski definition) is 2. The van der Waals surface area contributed by atoms with Crippen LogP contribution in [0.1, 0.15) is 5.56 Å². The summed E-state index contributed by atoms with van der Waals surface area (Å²) in [5, 5.41) is 13.6. The van der Waals surface area contributed by atoms with Crippen LogP contribution in [0.25, 0.3) is 32.9 Å². The van der Waals surface area contributed by atoms with E-state index in [4.69, 9.17) is 16.7 Å². The smallest absolute Gasteiger partial charge is 0.222 e. The molecule has 0 aliphatic carbocycles. The van der Waals surface area contributed by atoms with Gasteiger partial charge >= 0.3 is 0 Å². The lowest BCUT2D eigenvalue weighted by atomic mass is 9.96. The van der Waals surface area contributed by atoms with Gasteiger partial charge in [0.25, 0.3) is 0 Å². The van der Waals surface area contributed by atoms with Gasteiger partial charge in [0.15, 0.2) is 5.82 Å². The van der Waals surface area contributed by atoms with Crippen LogP contribution in [0.15, 0.2) is 55.0 Å². The maximum absolute atomic E-state index is 6.09. The third-order valence-electron chi connectivity index (χ3n) is 5.27. The molecule has 5 aromatic rings. The molecule has 0 bridgehead atoms. The van der Waals surface area contributed by atoms with Gasteiger partial charge in [-0.2, -0.15) is 5.10 Å². The second-order valence-corrected chi connectivity index (χ2v) is 7.80. The number of anilines is 3. The van der Waals surface area contributed by atoms with E-state index in [2.05, 4.69) is 56.8 Å². The second kappa shape index (κ2) is 7.52. The normalized spacial score (nSPS) is 11.2. The molecule has 7 nitrogen and oxygen atoms in total. The number of rotatable bonds is 4. The lowest BCUT2D eigenvalue weighted by molar-refractivity contribution is 0.801. The molecule has 0 fully saturated rings. The van der Waals surface area contributed by atoms with Crippen molar-refractivity contribution in [1.82, 2.24) is 24.7 Å². The van der Waals surface area contributed by atoms with E-state index in [1.807, 2.05) is 37.1 Å². The highest BCUT2D eigenvalue weighted by molar-refractivity contribution is 6.30. The van der Waals surface area contributed by atoms with Gasteiger partial charge in [0, 0.05) is 42.8 Å². The van der Waals surface area contributed by atoms with Gasteiger partial charge in [0.2, 0.25) is 5.95 Å². The minimum absolute atomic E-state index is 0.571. The zero-order valence-electron chi connectivity index (χ0n) is 17.3. The molecule has 154 valence electrons. The van der Waals surface area contributed by atoms with Crippen molar-refractivity contribution in [3.63, 3.8) is 0 Å². The van der Waals surface area contributed by atoms with Crippen LogP contribution in [0.3, 0.4) is 0 Å². The average molecular weight is 430 g/mol. The highest BCUT2D eigenvalue weighted by Gasteiger charge is 2.16. The predicted molar refractivity (Wildman–Crippen MR) is 126 cm³/mol. The molecule has 0 atom stereocenters. The third-order valence-corrected chi connectivity index (χ3v) is 5.48. The number of pyridine rings is 1. The Kier molecular flexibility index (Phi) is 4.67. The van der Waals surface area contributed by atoms with Gasteiger partial charge < -0.3 is 10.6 Å². The number of nitrogens with zero attached hydrogens (tertiary/aromatic N) is 5. The molecule has 2 N–H and O–H groups in total. The number of halogens is 1. The van der Waals surface area contributed by atoms with Gasteiger partial charge in [-0.25, -0.2) is 9.97 Å². The molecule has 2 aromatic carbocycles.